The summed E-state index contributed by atoms with van der Waals surface area (Å²) in [5.41, 5.74) is 37.6. The van der Waals surface area contributed by atoms with E-state index in [-0.39, 0.29) is 68.5 Å². The molecule has 8 N–H and O–H groups in total. The van der Waals surface area contributed by atoms with E-state index >= 15 is 0 Å². The Kier molecular flexibility index (Phi) is 54.8. The van der Waals surface area contributed by atoms with Crippen LogP contribution >= 0.6 is 0 Å². The van der Waals surface area contributed by atoms with Gasteiger partial charge in [-0.05, 0) is 0 Å². The van der Waals surface area contributed by atoms with E-state index in [2.05, 4.69) is 0 Å². The minimum Gasteiger partial charge on any atom is -1.00 e. The van der Waals surface area contributed by atoms with Crippen LogP contribution in [0.3, 0.4) is 0 Å². The van der Waals surface area contributed by atoms with Gasteiger partial charge in [-0.15, -0.1) is 0 Å². The molecule has 150 valence electrons. The van der Waals surface area contributed by atoms with E-state index in [0.29, 0.717) is 0 Å². The molecule has 0 saturated heterocycles. The maximum absolute atomic E-state index is 9.63. The van der Waals surface area contributed by atoms with E-state index in [9.17, 15) is 19.8 Å². The van der Waals surface area contributed by atoms with Crippen LogP contribution in [0.25, 0.3) is 34.4 Å². The van der Waals surface area contributed by atoms with Gasteiger partial charge >= 0.3 is 16.8 Å². The quantitative estimate of drug-likeness (QED) is 0.430. The minimum absolute atomic E-state index is 0. The van der Waals surface area contributed by atoms with E-state index in [1.807, 2.05) is 0 Å². The van der Waals surface area contributed by atoms with Crippen molar-refractivity contribution in [3.8, 4) is 0 Å². The molecule has 14 heteroatoms. The van der Waals surface area contributed by atoms with Crippen LogP contribution in [0.5, 0.6) is 0 Å². The molecule has 0 aliphatic heterocycles. The molecule has 24 heavy (non-hydrogen) atoms. The minimum atomic E-state index is -2.44. The second-order valence-corrected chi connectivity index (χ2v) is 3.03. The van der Waals surface area contributed by atoms with Gasteiger partial charge in [-0.3, -0.25) is 0 Å². The van der Waals surface area contributed by atoms with Crippen molar-refractivity contribution < 1.29 is 59.2 Å². The zero-order valence-electron chi connectivity index (χ0n) is 12.6. The number of hydrogen-bond donors (Lipinski definition) is 2. The first-order valence-electron chi connectivity index (χ1n) is 5.86. The average Bonchev–Trinajstić information content (AvgIpc) is 2.53. The fraction of sp³-hybridized carbons (Fsp3) is 0.800. The van der Waals surface area contributed by atoms with Crippen LogP contribution < -0.4 is 22.6 Å². The number of nitrogens with one attached hydrogen (secondary N) is 6. The normalized spacial score (nSPS) is 10.3. The molecule has 0 aliphatic rings. The Morgan fingerprint density at radius 1 is 0.667 bits per heavy atom. The van der Waals surface area contributed by atoms with Crippen molar-refractivity contribution in [2.75, 3.05) is 39.3 Å². The molecule has 0 bridgehead atoms. The summed E-state index contributed by atoms with van der Waals surface area (Å²) in [5.74, 6) is -4.12. The summed E-state index contributed by atoms with van der Waals surface area (Å²) < 4.78 is 0. The third-order valence-corrected chi connectivity index (χ3v) is 1.16. The van der Waals surface area contributed by atoms with E-state index in [0.717, 1.165) is 0 Å². The van der Waals surface area contributed by atoms with Gasteiger partial charge in [0.1, 0.15) is 12.2 Å². The number of rotatable bonds is 6. The third kappa shape index (κ3) is 43.0. The van der Waals surface area contributed by atoms with Gasteiger partial charge in [0.15, 0.2) is 0 Å². The number of carboxylic acids is 2. The number of aliphatic hydroxyl groups excluding tert-OH is 2. The molecule has 0 radical (unpaired) electrons. The zero-order valence-corrected chi connectivity index (χ0v) is 14.4. The number of aliphatic hydroxyl groups is 2. The van der Waals surface area contributed by atoms with Crippen molar-refractivity contribution in [1.29, 1.82) is 0 Å². The fourth-order valence-electron chi connectivity index (χ4n) is 0.258. The first-order valence-corrected chi connectivity index (χ1v) is 5.86. The summed E-state index contributed by atoms with van der Waals surface area (Å²) in [6, 6.07) is 0. The van der Waals surface area contributed by atoms with Crippen LogP contribution in [0, 0.1) is 0 Å². The van der Waals surface area contributed by atoms with Gasteiger partial charge in [-0.25, -0.2) is 0 Å². The summed E-state index contributed by atoms with van der Waals surface area (Å²) >= 11 is 0. The largest absolute Gasteiger partial charge is 3.00 e. The van der Waals surface area contributed by atoms with Crippen LogP contribution in [0.15, 0.2) is 0 Å². The molecule has 0 rings (SSSR count). The Hall–Kier alpha value is -0.584. The molecule has 0 amide bonds. The van der Waals surface area contributed by atoms with Crippen LogP contribution in [0.1, 0.15) is 0 Å². The second kappa shape index (κ2) is 33.9. The van der Waals surface area contributed by atoms with Crippen LogP contribution in [-0.4, -0.2) is 73.6 Å². The first kappa shape index (κ1) is 38.8. The number of carboxylic acid groups (broad SMARTS) is 2. The van der Waals surface area contributed by atoms with Crippen molar-refractivity contribution in [2.45, 2.75) is 12.2 Å². The van der Waals surface area contributed by atoms with E-state index < -0.39 is 24.1 Å². The smallest absolute Gasteiger partial charge is 1.00 e. The molecule has 0 fully saturated rings. The Balaban J connectivity index is -0.0000000492. The second-order valence-electron chi connectivity index (χ2n) is 3.03. The van der Waals surface area contributed by atoms with Gasteiger partial charge < -0.3 is 76.8 Å². The van der Waals surface area contributed by atoms with Gasteiger partial charge in [-0.1, -0.05) is 0 Å². The van der Waals surface area contributed by atoms with Gasteiger partial charge in [0.2, 0.25) is 0 Å². The predicted octanol–water partition coefficient (Wildman–Crippen LogP) is -4.52. The van der Waals surface area contributed by atoms with Crippen LogP contribution in [-0.2, 0) is 26.4 Å². The Morgan fingerprint density at radius 3 is 0.833 bits per heavy atom. The maximum Gasteiger partial charge on any atom is 3.00 e. The molecular formula is C10H22ClCoN6O6-6. The summed E-state index contributed by atoms with van der Waals surface area (Å²) in [5, 5.41) is 35.7. The Labute approximate surface area is 157 Å². The molecule has 0 saturated carbocycles. The monoisotopic (exact) mass is 416 g/mol. The summed E-state index contributed by atoms with van der Waals surface area (Å²) in [6.07, 6.45) is -4.88. The average molecular weight is 417 g/mol. The molecule has 0 aliphatic carbocycles. The van der Waals surface area contributed by atoms with Crippen molar-refractivity contribution in [2.24, 2.45) is 0 Å². The molecule has 0 aromatic carbocycles. The number of hydrogen-bond acceptors (Lipinski definition) is 6. The molecule has 0 spiro atoms. The van der Waals surface area contributed by atoms with E-state index in [1.165, 1.54) is 0 Å². The number of carbonyl (C=O) groups is 2. The van der Waals surface area contributed by atoms with Crippen LogP contribution in [0.4, 0.5) is 0 Å². The van der Waals surface area contributed by atoms with Gasteiger partial charge in [0, 0.05) is 0 Å². The summed E-state index contributed by atoms with van der Waals surface area (Å²) in [7, 11) is 0. The molecule has 0 aromatic rings. The molecule has 2 atom stereocenters. The van der Waals surface area contributed by atoms with E-state index in [4.69, 9.17) is 44.6 Å². The molecule has 0 heterocycles. The number of aliphatic carboxylic acids is 2. The predicted molar refractivity (Wildman–Crippen MR) is 77.2 cm³/mol. The Bertz CT molecular complexity index is 224. The SMILES string of the molecule is O=C([O-])C(O)C(O)C(=O)[O-].[Cl-].[Co+3].[NH-]CC[NH-].[NH-]CC[NH-].[NH-]CC[NH-]. The van der Waals surface area contributed by atoms with Gasteiger partial charge in [-0.2, -0.15) is 39.3 Å². The summed E-state index contributed by atoms with van der Waals surface area (Å²) in [4.78, 5) is 19.3. The summed E-state index contributed by atoms with van der Waals surface area (Å²) in [6.45, 7) is 1.42. The number of carbonyl (C=O) groups excluding carboxylic acids is 2. The van der Waals surface area contributed by atoms with Crippen molar-refractivity contribution in [3.05, 3.63) is 34.4 Å². The van der Waals surface area contributed by atoms with Gasteiger partial charge in [0.05, 0.1) is 11.9 Å². The van der Waals surface area contributed by atoms with Crippen molar-refractivity contribution >= 4 is 11.9 Å². The molecule has 2 unspecified atom stereocenters. The fourth-order valence-corrected chi connectivity index (χ4v) is 0.258. The number of halogens is 1. The maximum atomic E-state index is 9.63. The van der Waals surface area contributed by atoms with Crippen LogP contribution in [0.2, 0.25) is 0 Å². The van der Waals surface area contributed by atoms with Crippen molar-refractivity contribution in [3.63, 3.8) is 0 Å². The third-order valence-electron chi connectivity index (χ3n) is 1.16. The van der Waals surface area contributed by atoms with E-state index in [1.54, 1.807) is 0 Å². The zero-order chi connectivity index (χ0) is 18.6. The van der Waals surface area contributed by atoms with Crippen molar-refractivity contribution in [1.82, 2.24) is 0 Å². The van der Waals surface area contributed by atoms with Gasteiger partial charge in [0.25, 0.3) is 0 Å². The molecular weight excluding hydrogens is 395 g/mol. The molecule has 0 aromatic heterocycles. The molecule has 12 nitrogen and oxygen atoms in total. The first-order chi connectivity index (χ1) is 10.2. The Morgan fingerprint density at radius 2 is 0.792 bits per heavy atom. The standard InChI is InChI=1S/C4H6O6.3C2H6N2.ClH.Co/c5-1(3(7)8)2(6)4(9)10;3*3-1-2-4;;/h1-2,5-6H,(H,7,8)(H,9,10);3*3-4H,1-2H2;1H;/q;3*-2;;+3/p-3. The topological polar surface area (TPSA) is 264 Å².